The lowest BCUT2D eigenvalue weighted by Gasteiger charge is -2.17. The standard InChI is InChI=1S/C24H25FN6O4/c1-34-22-15(14-8-28-31(10-14)20-12-35-11-17(20)25)3-2-4-18(22)29-19-7-21(27-9-16(19)23(26)32)30-24(33)13-5-6-13/h2-4,7-10,13,17,20H,5-6,11-12H2,1H3,(H2,26,32)(H2,27,29,30,33)/t17-,20?/m0/s1. The Morgan fingerprint density at radius 2 is 2.06 bits per heavy atom. The van der Waals surface area contributed by atoms with Crippen LogP contribution in [0.5, 0.6) is 5.75 Å². The van der Waals surface area contributed by atoms with E-state index >= 15 is 0 Å². The maximum atomic E-state index is 14.1. The van der Waals surface area contributed by atoms with Crippen molar-refractivity contribution < 1.29 is 23.5 Å². The number of hydrogen-bond acceptors (Lipinski definition) is 7. The SMILES string of the molecule is COc1c(Nc2cc(NC(=O)C3CC3)ncc2C(N)=O)cccc1-c1cnn(C2COC[C@@H]2F)c1. The number of nitrogens with two attached hydrogens (primary N) is 1. The lowest BCUT2D eigenvalue weighted by Crippen LogP contribution is -2.18. The smallest absolute Gasteiger partial charge is 0.252 e. The van der Waals surface area contributed by atoms with Crippen LogP contribution in [-0.4, -0.2) is 53.1 Å². The van der Waals surface area contributed by atoms with E-state index in [9.17, 15) is 14.0 Å². The first-order valence-corrected chi connectivity index (χ1v) is 11.3. The van der Waals surface area contributed by atoms with E-state index in [4.69, 9.17) is 15.2 Å². The van der Waals surface area contributed by atoms with E-state index in [-0.39, 0.29) is 30.6 Å². The number of nitrogens with one attached hydrogen (secondary N) is 2. The number of nitrogens with zero attached hydrogens (tertiary/aromatic N) is 3. The van der Waals surface area contributed by atoms with Crippen molar-refractivity contribution in [3.8, 4) is 16.9 Å². The van der Waals surface area contributed by atoms with Crippen LogP contribution in [0.4, 0.5) is 21.6 Å². The van der Waals surface area contributed by atoms with Crippen molar-refractivity contribution in [1.29, 1.82) is 0 Å². The minimum absolute atomic E-state index is 0.00480. The molecule has 2 atom stereocenters. The maximum absolute atomic E-state index is 14.1. The molecule has 1 saturated carbocycles. The molecule has 11 heteroatoms. The first kappa shape index (κ1) is 22.8. The number of hydrogen-bond donors (Lipinski definition) is 3. The highest BCUT2D eigenvalue weighted by molar-refractivity contribution is 6.01. The number of aromatic nitrogens is 3. The number of alkyl halides is 1. The highest BCUT2D eigenvalue weighted by Crippen LogP contribution is 2.39. The van der Waals surface area contributed by atoms with Gasteiger partial charge in [-0.3, -0.25) is 14.3 Å². The van der Waals surface area contributed by atoms with E-state index in [1.54, 1.807) is 29.2 Å². The summed E-state index contributed by atoms with van der Waals surface area (Å²) in [6.45, 7) is 0.318. The van der Waals surface area contributed by atoms with Crippen LogP contribution < -0.4 is 21.1 Å². The Labute approximate surface area is 200 Å². The fraction of sp³-hybridized carbons (Fsp3) is 0.333. The van der Waals surface area contributed by atoms with Gasteiger partial charge in [-0.1, -0.05) is 12.1 Å². The van der Waals surface area contributed by atoms with E-state index in [1.165, 1.54) is 13.3 Å². The van der Waals surface area contributed by atoms with Crippen LogP contribution in [0.2, 0.25) is 0 Å². The summed E-state index contributed by atoms with van der Waals surface area (Å²) in [5, 5.41) is 10.3. The zero-order valence-corrected chi connectivity index (χ0v) is 19.0. The third kappa shape index (κ3) is 4.67. The number of carbonyl (C=O) groups excluding carboxylic acids is 2. The van der Waals surface area contributed by atoms with Gasteiger partial charge in [0.2, 0.25) is 5.91 Å². The van der Waals surface area contributed by atoms with Gasteiger partial charge in [-0.05, 0) is 18.9 Å². The molecule has 2 aromatic heterocycles. The van der Waals surface area contributed by atoms with Gasteiger partial charge in [0.15, 0.2) is 0 Å². The van der Waals surface area contributed by atoms with Crippen molar-refractivity contribution in [2.24, 2.45) is 11.7 Å². The number of carbonyl (C=O) groups is 2. The molecule has 1 aliphatic heterocycles. The van der Waals surface area contributed by atoms with Crippen LogP contribution in [0.1, 0.15) is 29.2 Å². The zero-order valence-electron chi connectivity index (χ0n) is 19.0. The van der Waals surface area contributed by atoms with Crippen LogP contribution in [0, 0.1) is 5.92 Å². The average Bonchev–Trinajstić information content (AvgIpc) is 3.44. The third-order valence-corrected chi connectivity index (χ3v) is 6.09. The first-order chi connectivity index (χ1) is 16.9. The molecule has 2 amide bonds. The van der Waals surface area contributed by atoms with Gasteiger partial charge in [0.25, 0.3) is 5.91 Å². The Morgan fingerprint density at radius 1 is 1.23 bits per heavy atom. The number of pyridine rings is 1. The van der Waals surface area contributed by atoms with Crippen LogP contribution in [-0.2, 0) is 9.53 Å². The Kier molecular flexibility index (Phi) is 6.08. The number of methoxy groups -OCH3 is 1. The summed E-state index contributed by atoms with van der Waals surface area (Å²) in [5.41, 5.74) is 8.08. The number of amides is 2. The number of para-hydroxylation sites is 1. The highest BCUT2D eigenvalue weighted by atomic mass is 19.1. The summed E-state index contributed by atoms with van der Waals surface area (Å²) in [4.78, 5) is 28.3. The fourth-order valence-corrected chi connectivity index (χ4v) is 4.04. The van der Waals surface area contributed by atoms with Gasteiger partial charge in [0.05, 0.1) is 43.5 Å². The van der Waals surface area contributed by atoms with E-state index in [1.807, 2.05) is 12.1 Å². The Bertz CT molecular complexity index is 1270. The molecule has 1 saturated heterocycles. The average molecular weight is 481 g/mol. The second-order valence-electron chi connectivity index (χ2n) is 8.58. The van der Waals surface area contributed by atoms with Crippen molar-refractivity contribution in [2.45, 2.75) is 25.1 Å². The second-order valence-corrected chi connectivity index (χ2v) is 8.58. The predicted octanol–water partition coefficient (Wildman–Crippen LogP) is 3.05. The summed E-state index contributed by atoms with van der Waals surface area (Å²) >= 11 is 0. The molecule has 1 aliphatic carbocycles. The summed E-state index contributed by atoms with van der Waals surface area (Å²) in [5.74, 6) is 0.0314. The van der Waals surface area contributed by atoms with Gasteiger partial charge in [-0.15, -0.1) is 0 Å². The zero-order chi connectivity index (χ0) is 24.5. The number of anilines is 3. The van der Waals surface area contributed by atoms with Crippen molar-refractivity contribution in [1.82, 2.24) is 14.8 Å². The van der Waals surface area contributed by atoms with E-state index in [0.717, 1.165) is 24.0 Å². The van der Waals surface area contributed by atoms with Crippen LogP contribution in [0.25, 0.3) is 11.1 Å². The molecule has 4 N–H and O–H groups in total. The number of benzene rings is 1. The molecule has 1 aromatic carbocycles. The van der Waals surface area contributed by atoms with E-state index < -0.39 is 18.1 Å². The number of halogens is 1. The number of ether oxygens (including phenoxy) is 2. The Hall–Kier alpha value is -3.99. The summed E-state index contributed by atoms with van der Waals surface area (Å²) in [6, 6.07) is 6.53. The molecule has 182 valence electrons. The molecule has 0 spiro atoms. The van der Waals surface area contributed by atoms with Crippen molar-refractivity contribution in [3.05, 3.63) is 48.4 Å². The van der Waals surface area contributed by atoms with Crippen molar-refractivity contribution >= 4 is 29.0 Å². The van der Waals surface area contributed by atoms with Crippen molar-refractivity contribution in [3.63, 3.8) is 0 Å². The van der Waals surface area contributed by atoms with Gasteiger partial charge in [0, 0.05) is 35.5 Å². The highest BCUT2D eigenvalue weighted by Gasteiger charge is 2.31. The molecule has 3 aromatic rings. The van der Waals surface area contributed by atoms with Gasteiger partial charge in [-0.2, -0.15) is 5.10 Å². The van der Waals surface area contributed by atoms with Gasteiger partial charge < -0.3 is 25.8 Å². The molecule has 10 nitrogen and oxygen atoms in total. The monoisotopic (exact) mass is 480 g/mol. The quantitative estimate of drug-likeness (QED) is 0.451. The molecule has 0 radical (unpaired) electrons. The fourth-order valence-electron chi connectivity index (χ4n) is 4.04. The van der Waals surface area contributed by atoms with E-state index in [2.05, 4.69) is 20.7 Å². The molecule has 0 bridgehead atoms. The largest absolute Gasteiger partial charge is 0.494 e. The van der Waals surface area contributed by atoms with Crippen LogP contribution in [0.15, 0.2) is 42.9 Å². The maximum Gasteiger partial charge on any atom is 0.252 e. The predicted molar refractivity (Wildman–Crippen MR) is 126 cm³/mol. The molecule has 2 aliphatic rings. The lowest BCUT2D eigenvalue weighted by atomic mass is 10.1. The number of rotatable bonds is 8. The Morgan fingerprint density at radius 3 is 2.74 bits per heavy atom. The molecule has 1 unspecified atom stereocenters. The van der Waals surface area contributed by atoms with Crippen molar-refractivity contribution in [2.75, 3.05) is 31.0 Å². The molecule has 35 heavy (non-hydrogen) atoms. The normalized spacial score (nSPS) is 19.4. The second kappa shape index (κ2) is 9.34. The van der Waals surface area contributed by atoms with Gasteiger partial charge in [0.1, 0.15) is 23.8 Å². The minimum atomic E-state index is -1.12. The molecule has 2 fully saturated rings. The summed E-state index contributed by atoms with van der Waals surface area (Å²) in [6.07, 6.45) is 5.31. The first-order valence-electron chi connectivity index (χ1n) is 11.3. The molecular weight excluding hydrogens is 455 g/mol. The summed E-state index contributed by atoms with van der Waals surface area (Å²) in [7, 11) is 1.53. The summed E-state index contributed by atoms with van der Waals surface area (Å²) < 4.78 is 26.6. The van der Waals surface area contributed by atoms with Crippen LogP contribution >= 0.6 is 0 Å². The topological polar surface area (TPSA) is 133 Å². The molecule has 3 heterocycles. The van der Waals surface area contributed by atoms with Crippen LogP contribution in [0.3, 0.4) is 0 Å². The lowest BCUT2D eigenvalue weighted by molar-refractivity contribution is -0.117. The third-order valence-electron chi connectivity index (χ3n) is 6.09. The molecule has 5 rings (SSSR count). The number of primary amides is 1. The molecular formula is C24H25FN6O4. The Balaban J connectivity index is 1.46. The van der Waals surface area contributed by atoms with Gasteiger partial charge >= 0.3 is 0 Å². The van der Waals surface area contributed by atoms with E-state index in [0.29, 0.717) is 22.9 Å². The van der Waals surface area contributed by atoms with Gasteiger partial charge in [-0.25, -0.2) is 9.37 Å². The minimum Gasteiger partial charge on any atom is -0.494 e.